The molecular weight excluding hydrogens is 366 g/mol. The predicted molar refractivity (Wildman–Crippen MR) is 98.9 cm³/mol. The van der Waals surface area contributed by atoms with E-state index >= 15 is 0 Å². The topological polar surface area (TPSA) is 71.3 Å². The molecule has 28 heavy (non-hydrogen) atoms. The second-order valence-corrected chi connectivity index (χ2v) is 6.65. The Hall–Kier alpha value is -3.29. The van der Waals surface area contributed by atoms with Gasteiger partial charge in [0, 0.05) is 26.1 Å². The van der Waals surface area contributed by atoms with E-state index in [2.05, 4.69) is 15.5 Å². The average Bonchev–Trinajstić information content (AvgIpc) is 3.31. The van der Waals surface area contributed by atoms with Crippen LogP contribution in [0.2, 0.25) is 0 Å². The second kappa shape index (κ2) is 7.38. The summed E-state index contributed by atoms with van der Waals surface area (Å²) in [4.78, 5) is 14.4. The number of aryl methyl sites for hydroxylation is 1. The first-order valence-corrected chi connectivity index (χ1v) is 8.92. The van der Waals surface area contributed by atoms with Crippen molar-refractivity contribution in [2.45, 2.75) is 19.4 Å². The fourth-order valence-electron chi connectivity index (χ4n) is 3.41. The number of anilines is 1. The van der Waals surface area contributed by atoms with Crippen molar-refractivity contribution in [2.24, 2.45) is 0 Å². The van der Waals surface area contributed by atoms with Crippen molar-refractivity contribution in [3.8, 4) is 11.5 Å². The van der Waals surface area contributed by atoms with E-state index in [1.165, 1.54) is 18.2 Å². The van der Waals surface area contributed by atoms with Gasteiger partial charge in [0.2, 0.25) is 11.8 Å². The zero-order valence-electron chi connectivity index (χ0n) is 15.2. The maximum absolute atomic E-state index is 14.0. The molecule has 1 aliphatic rings. The molecule has 2 aromatic carbocycles. The summed E-state index contributed by atoms with van der Waals surface area (Å²) in [6.45, 7) is 2.45. The van der Waals surface area contributed by atoms with Crippen LogP contribution in [0.1, 0.15) is 22.7 Å². The monoisotopic (exact) mass is 384 g/mol. The Bertz CT molecular complexity index is 1000. The van der Waals surface area contributed by atoms with Gasteiger partial charge in [-0.05, 0) is 30.7 Å². The molecule has 0 aliphatic carbocycles. The number of nitrogens with zero attached hydrogens (tertiary/aromatic N) is 3. The zero-order valence-corrected chi connectivity index (χ0v) is 15.2. The van der Waals surface area contributed by atoms with Gasteiger partial charge in [0.05, 0.1) is 11.1 Å². The summed E-state index contributed by atoms with van der Waals surface area (Å²) >= 11 is 0. The fraction of sp³-hybridized carbons (Fsp3) is 0.250. The van der Waals surface area contributed by atoms with Crippen LogP contribution in [-0.2, 0) is 0 Å². The molecule has 1 fully saturated rings. The molecule has 0 saturated carbocycles. The van der Waals surface area contributed by atoms with Crippen LogP contribution in [0.15, 0.2) is 46.9 Å². The van der Waals surface area contributed by atoms with Crippen LogP contribution < -0.4 is 10.2 Å². The molecule has 1 aliphatic heterocycles. The summed E-state index contributed by atoms with van der Waals surface area (Å²) in [7, 11) is 0. The van der Waals surface area contributed by atoms with Gasteiger partial charge in [-0.25, -0.2) is 8.78 Å². The standard InChI is InChI=1S/C20H18F2N4O2/c1-12-24-25-20(28-12)15-6-3-2-5-14(15)19(27)23-13-9-10-26(11-13)18-16(21)7-4-8-17(18)22/h2-8,13H,9-11H2,1H3,(H,23,27). The third kappa shape index (κ3) is 3.45. The largest absolute Gasteiger partial charge is 0.421 e. The minimum atomic E-state index is -0.607. The molecule has 0 radical (unpaired) electrons. The normalized spacial score (nSPS) is 16.4. The van der Waals surface area contributed by atoms with E-state index < -0.39 is 11.6 Å². The van der Waals surface area contributed by atoms with E-state index in [4.69, 9.17) is 4.42 Å². The first-order valence-electron chi connectivity index (χ1n) is 8.92. The van der Waals surface area contributed by atoms with Gasteiger partial charge >= 0.3 is 0 Å². The fourth-order valence-corrected chi connectivity index (χ4v) is 3.41. The van der Waals surface area contributed by atoms with Gasteiger partial charge in [-0.15, -0.1) is 10.2 Å². The zero-order chi connectivity index (χ0) is 19.7. The Balaban J connectivity index is 1.50. The van der Waals surface area contributed by atoms with Crippen molar-refractivity contribution in [1.82, 2.24) is 15.5 Å². The van der Waals surface area contributed by atoms with Gasteiger partial charge in [-0.3, -0.25) is 4.79 Å². The number of para-hydroxylation sites is 1. The summed E-state index contributed by atoms with van der Waals surface area (Å²) in [6.07, 6.45) is 0.585. The number of rotatable bonds is 4. The lowest BCUT2D eigenvalue weighted by Gasteiger charge is -2.20. The van der Waals surface area contributed by atoms with E-state index in [-0.39, 0.29) is 23.5 Å². The molecule has 1 atom stereocenters. The highest BCUT2D eigenvalue weighted by Crippen LogP contribution is 2.27. The number of carbonyl (C=O) groups is 1. The molecule has 2 heterocycles. The summed E-state index contributed by atoms with van der Waals surface area (Å²) in [5.41, 5.74) is 0.887. The molecule has 3 aromatic rings. The van der Waals surface area contributed by atoms with Crippen molar-refractivity contribution in [1.29, 1.82) is 0 Å². The van der Waals surface area contributed by atoms with Crippen LogP contribution in [0.4, 0.5) is 14.5 Å². The number of halogens is 2. The van der Waals surface area contributed by atoms with Gasteiger partial charge in [-0.2, -0.15) is 0 Å². The highest BCUT2D eigenvalue weighted by atomic mass is 19.1. The van der Waals surface area contributed by atoms with Crippen LogP contribution in [0.25, 0.3) is 11.5 Å². The second-order valence-electron chi connectivity index (χ2n) is 6.65. The molecule has 8 heteroatoms. The van der Waals surface area contributed by atoms with Gasteiger partial charge in [0.15, 0.2) is 0 Å². The predicted octanol–water partition coefficient (Wildman–Crippen LogP) is 3.33. The molecule has 0 bridgehead atoms. The van der Waals surface area contributed by atoms with Crippen molar-refractivity contribution in [3.05, 3.63) is 65.6 Å². The molecular formula is C20H18F2N4O2. The summed E-state index contributed by atoms with van der Waals surface area (Å²) < 4.78 is 33.5. The minimum absolute atomic E-state index is 0.0546. The molecule has 1 N–H and O–H groups in total. The molecule has 1 amide bonds. The molecule has 1 saturated heterocycles. The Kier molecular flexibility index (Phi) is 4.77. The first kappa shape index (κ1) is 18.1. The smallest absolute Gasteiger partial charge is 0.252 e. The van der Waals surface area contributed by atoms with Crippen LogP contribution in [0.5, 0.6) is 0 Å². The minimum Gasteiger partial charge on any atom is -0.421 e. The number of nitrogens with one attached hydrogen (secondary N) is 1. The summed E-state index contributed by atoms with van der Waals surface area (Å²) in [6, 6.07) is 10.5. The van der Waals surface area contributed by atoms with Crippen LogP contribution in [0.3, 0.4) is 0 Å². The number of amides is 1. The van der Waals surface area contributed by atoms with Crippen LogP contribution in [-0.4, -0.2) is 35.2 Å². The highest BCUT2D eigenvalue weighted by molar-refractivity contribution is 6.00. The first-order chi connectivity index (χ1) is 13.5. The van der Waals surface area contributed by atoms with Crippen LogP contribution in [0, 0.1) is 18.6 Å². The maximum atomic E-state index is 14.0. The molecule has 0 spiro atoms. The van der Waals surface area contributed by atoms with Crippen molar-refractivity contribution < 1.29 is 18.0 Å². The quantitative estimate of drug-likeness (QED) is 0.747. The van der Waals surface area contributed by atoms with Gasteiger partial charge in [0.1, 0.15) is 17.3 Å². The molecule has 4 rings (SSSR count). The van der Waals surface area contributed by atoms with Gasteiger partial charge in [-0.1, -0.05) is 18.2 Å². The summed E-state index contributed by atoms with van der Waals surface area (Å²) in [5, 5.41) is 10.7. The lowest BCUT2D eigenvalue weighted by Crippen LogP contribution is -2.37. The van der Waals surface area contributed by atoms with Crippen molar-refractivity contribution >= 4 is 11.6 Å². The molecule has 1 unspecified atom stereocenters. The third-order valence-corrected chi connectivity index (χ3v) is 4.71. The Morgan fingerprint density at radius 1 is 1.14 bits per heavy atom. The van der Waals surface area contributed by atoms with E-state index in [1.807, 2.05) is 0 Å². The molecule has 144 valence electrons. The summed E-state index contributed by atoms with van der Waals surface area (Å²) in [5.74, 6) is -0.839. The average molecular weight is 384 g/mol. The Morgan fingerprint density at radius 3 is 2.61 bits per heavy atom. The Morgan fingerprint density at radius 2 is 1.89 bits per heavy atom. The number of hydrogen-bond acceptors (Lipinski definition) is 5. The van der Waals surface area contributed by atoms with E-state index in [9.17, 15) is 13.6 Å². The SMILES string of the molecule is Cc1nnc(-c2ccccc2C(=O)NC2CCN(c3c(F)cccc3F)C2)o1. The lowest BCUT2D eigenvalue weighted by atomic mass is 10.1. The lowest BCUT2D eigenvalue weighted by molar-refractivity contribution is 0.0941. The van der Waals surface area contributed by atoms with E-state index in [0.29, 0.717) is 36.5 Å². The third-order valence-electron chi connectivity index (χ3n) is 4.71. The van der Waals surface area contributed by atoms with E-state index in [1.54, 1.807) is 36.1 Å². The van der Waals surface area contributed by atoms with Crippen molar-refractivity contribution in [3.63, 3.8) is 0 Å². The number of aromatic nitrogens is 2. The van der Waals surface area contributed by atoms with Gasteiger partial charge in [0.25, 0.3) is 5.91 Å². The highest BCUT2D eigenvalue weighted by Gasteiger charge is 2.28. The molecule has 6 nitrogen and oxygen atoms in total. The number of benzene rings is 2. The maximum Gasteiger partial charge on any atom is 0.252 e. The number of hydrogen-bond donors (Lipinski definition) is 1. The van der Waals surface area contributed by atoms with E-state index in [0.717, 1.165) is 0 Å². The Labute approximate surface area is 160 Å². The van der Waals surface area contributed by atoms with Crippen molar-refractivity contribution in [2.75, 3.05) is 18.0 Å². The van der Waals surface area contributed by atoms with Crippen LogP contribution >= 0.6 is 0 Å². The number of carbonyl (C=O) groups excluding carboxylic acids is 1. The molecule has 1 aromatic heterocycles. The van der Waals surface area contributed by atoms with Gasteiger partial charge < -0.3 is 14.6 Å².